The summed E-state index contributed by atoms with van der Waals surface area (Å²) in [6, 6.07) is 4.03. The molecule has 3 aliphatic rings. The third-order valence-electron chi connectivity index (χ3n) is 7.33. The monoisotopic (exact) mass is 480 g/mol. The highest BCUT2D eigenvalue weighted by Crippen LogP contribution is 2.40. The lowest BCUT2D eigenvalue weighted by molar-refractivity contribution is -0.0372. The van der Waals surface area contributed by atoms with Crippen molar-refractivity contribution >= 4 is 9.84 Å². The summed E-state index contributed by atoms with van der Waals surface area (Å²) >= 11 is 0. The number of hydrogen-bond donors (Lipinski definition) is 2. The molecule has 10 heteroatoms. The molecule has 2 saturated heterocycles. The van der Waals surface area contributed by atoms with Gasteiger partial charge >= 0.3 is 0 Å². The molecule has 0 radical (unpaired) electrons. The summed E-state index contributed by atoms with van der Waals surface area (Å²) in [5.41, 5.74) is 8.39. The van der Waals surface area contributed by atoms with Crippen molar-refractivity contribution in [3.8, 4) is 0 Å². The predicted molar refractivity (Wildman–Crippen MR) is 119 cm³/mol. The summed E-state index contributed by atoms with van der Waals surface area (Å²) in [6.45, 7) is 1.83. The Hall–Kier alpha value is -1.88. The maximum atomic E-state index is 13.6. The Bertz CT molecular complexity index is 1070. The van der Waals surface area contributed by atoms with Crippen LogP contribution in [-0.4, -0.2) is 41.8 Å². The van der Waals surface area contributed by atoms with Crippen molar-refractivity contribution in [1.82, 2.24) is 20.6 Å². The van der Waals surface area contributed by atoms with Crippen LogP contribution in [0.5, 0.6) is 0 Å². The van der Waals surface area contributed by atoms with Crippen LogP contribution in [0.4, 0.5) is 8.78 Å². The minimum Gasteiger partial charge on any atom is -0.371 e. The van der Waals surface area contributed by atoms with E-state index in [2.05, 4.69) is 16.0 Å². The summed E-state index contributed by atoms with van der Waals surface area (Å²) in [4.78, 5) is 0. The van der Waals surface area contributed by atoms with E-state index in [0.29, 0.717) is 30.4 Å². The lowest BCUT2D eigenvalue weighted by Crippen LogP contribution is -2.37. The Labute approximate surface area is 192 Å². The molecule has 1 aromatic heterocycles. The predicted octanol–water partition coefficient (Wildman–Crippen LogP) is 3.38. The molecule has 5 atom stereocenters. The Morgan fingerprint density at radius 1 is 1.09 bits per heavy atom. The molecule has 2 N–H and O–H groups in total. The molecular formula is C23H30F2N4O3S. The average Bonchev–Trinajstić information content (AvgIpc) is 3.40. The summed E-state index contributed by atoms with van der Waals surface area (Å²) in [6.07, 6.45) is 7.34. The number of hydrazine groups is 1. The number of halogens is 2. The number of nitrogens with zero attached hydrogens (tertiary/aromatic N) is 2. The molecule has 1 saturated carbocycles. The van der Waals surface area contributed by atoms with Crippen molar-refractivity contribution in [3.05, 3.63) is 53.4 Å². The van der Waals surface area contributed by atoms with Gasteiger partial charge in [-0.15, -0.1) is 0 Å². The summed E-state index contributed by atoms with van der Waals surface area (Å²) in [5.74, 6) is -0.466. The summed E-state index contributed by atoms with van der Waals surface area (Å²) in [7, 11) is -2.91. The highest BCUT2D eigenvalue weighted by atomic mass is 32.2. The Balaban J connectivity index is 1.24. The van der Waals surface area contributed by atoms with E-state index in [1.165, 1.54) is 12.1 Å². The first-order chi connectivity index (χ1) is 15.8. The van der Waals surface area contributed by atoms with E-state index in [4.69, 9.17) is 4.74 Å². The molecule has 3 fully saturated rings. The van der Waals surface area contributed by atoms with E-state index in [1.54, 1.807) is 0 Å². The molecule has 7 nitrogen and oxygen atoms in total. The standard InChI is InChI=1S/C23H30F2N4O3S/c1-14(15-8-17(24)10-18(25)9-15)32-20-2-3-22-21(11-20)23(28-27-22)16-12-26-29(13-16)19-4-6-33(30,31)7-5-19/h8-10,12-14,19-23,27-28H,2-7,11H2,1H3/t14-,20?,21?,22?,23?/m1/s1. The lowest BCUT2D eigenvalue weighted by atomic mass is 9.78. The summed E-state index contributed by atoms with van der Waals surface area (Å²) in [5, 5.41) is 4.55. The molecule has 1 aliphatic carbocycles. The topological polar surface area (TPSA) is 85.2 Å². The molecule has 33 heavy (non-hydrogen) atoms. The molecule has 180 valence electrons. The Morgan fingerprint density at radius 3 is 2.55 bits per heavy atom. The van der Waals surface area contributed by atoms with Crippen LogP contribution < -0.4 is 10.9 Å². The van der Waals surface area contributed by atoms with Crippen LogP contribution in [0.3, 0.4) is 0 Å². The number of sulfone groups is 1. The van der Waals surface area contributed by atoms with Crippen molar-refractivity contribution in [2.45, 2.75) is 69.4 Å². The first-order valence-corrected chi connectivity index (χ1v) is 13.5. The fourth-order valence-corrected chi connectivity index (χ4v) is 6.97. The van der Waals surface area contributed by atoms with Gasteiger partial charge in [0.2, 0.25) is 0 Å². The largest absolute Gasteiger partial charge is 0.371 e. The number of ether oxygens (including phenoxy) is 1. The smallest absolute Gasteiger partial charge is 0.150 e. The van der Waals surface area contributed by atoms with Gasteiger partial charge in [-0.1, -0.05) is 0 Å². The molecule has 2 aromatic rings. The van der Waals surface area contributed by atoms with Crippen LogP contribution in [0.2, 0.25) is 0 Å². The highest BCUT2D eigenvalue weighted by Gasteiger charge is 2.42. The molecule has 0 amide bonds. The van der Waals surface area contributed by atoms with Crippen molar-refractivity contribution in [2.24, 2.45) is 5.92 Å². The van der Waals surface area contributed by atoms with Crippen molar-refractivity contribution < 1.29 is 21.9 Å². The zero-order valence-electron chi connectivity index (χ0n) is 18.6. The van der Waals surface area contributed by atoms with Gasteiger partial charge in [0.15, 0.2) is 0 Å². The number of fused-ring (bicyclic) bond motifs is 1. The molecule has 0 spiro atoms. The molecular weight excluding hydrogens is 450 g/mol. The Morgan fingerprint density at radius 2 is 1.82 bits per heavy atom. The second kappa shape index (κ2) is 9.05. The molecule has 0 bridgehead atoms. The summed E-state index contributed by atoms with van der Waals surface area (Å²) < 4.78 is 58.8. The zero-order chi connectivity index (χ0) is 23.2. The van der Waals surface area contributed by atoms with Crippen molar-refractivity contribution in [3.63, 3.8) is 0 Å². The Kier molecular flexibility index (Phi) is 6.28. The SMILES string of the molecule is C[C@@H](OC1CCC2NNC(c3cnn(C4CCS(=O)(=O)CC4)c3)C2C1)c1cc(F)cc(F)c1. The van der Waals surface area contributed by atoms with E-state index in [9.17, 15) is 17.2 Å². The second-order valence-electron chi connectivity index (χ2n) is 9.59. The van der Waals surface area contributed by atoms with Gasteiger partial charge < -0.3 is 4.74 Å². The van der Waals surface area contributed by atoms with Crippen LogP contribution in [0.25, 0.3) is 0 Å². The first-order valence-electron chi connectivity index (χ1n) is 11.6. The zero-order valence-corrected chi connectivity index (χ0v) is 19.4. The lowest BCUT2D eigenvalue weighted by Gasteiger charge is -2.34. The fraction of sp³-hybridized carbons (Fsp3) is 0.609. The van der Waals surface area contributed by atoms with Gasteiger partial charge in [-0.25, -0.2) is 22.6 Å². The maximum absolute atomic E-state index is 13.6. The van der Waals surface area contributed by atoms with Gasteiger partial charge in [-0.3, -0.25) is 10.1 Å². The number of nitrogens with one attached hydrogen (secondary N) is 2. The number of rotatable bonds is 5. The quantitative estimate of drug-likeness (QED) is 0.683. The molecule has 5 rings (SSSR count). The van der Waals surface area contributed by atoms with E-state index in [1.807, 2.05) is 24.0 Å². The van der Waals surface area contributed by atoms with Gasteiger partial charge in [0, 0.05) is 23.9 Å². The second-order valence-corrected chi connectivity index (χ2v) is 11.9. The van der Waals surface area contributed by atoms with Crippen LogP contribution >= 0.6 is 0 Å². The van der Waals surface area contributed by atoms with Gasteiger partial charge in [-0.05, 0) is 62.6 Å². The third kappa shape index (κ3) is 4.99. The number of aromatic nitrogens is 2. The van der Waals surface area contributed by atoms with Crippen LogP contribution in [0.1, 0.15) is 68.3 Å². The van der Waals surface area contributed by atoms with E-state index >= 15 is 0 Å². The number of benzene rings is 1. The maximum Gasteiger partial charge on any atom is 0.150 e. The fourth-order valence-electron chi connectivity index (χ4n) is 5.50. The van der Waals surface area contributed by atoms with E-state index in [0.717, 1.165) is 30.9 Å². The van der Waals surface area contributed by atoms with Crippen LogP contribution in [0, 0.1) is 17.6 Å². The molecule has 2 aliphatic heterocycles. The highest BCUT2D eigenvalue weighted by molar-refractivity contribution is 7.91. The minimum atomic E-state index is -2.91. The normalized spacial score (nSPS) is 30.8. The van der Waals surface area contributed by atoms with Crippen LogP contribution in [0.15, 0.2) is 30.6 Å². The number of hydrogen-bond acceptors (Lipinski definition) is 6. The first kappa shape index (κ1) is 22.9. The van der Waals surface area contributed by atoms with E-state index in [-0.39, 0.29) is 29.7 Å². The van der Waals surface area contributed by atoms with Gasteiger partial charge in [0.1, 0.15) is 21.5 Å². The van der Waals surface area contributed by atoms with Crippen molar-refractivity contribution in [2.75, 3.05) is 11.5 Å². The van der Waals surface area contributed by atoms with Gasteiger partial charge in [-0.2, -0.15) is 5.10 Å². The molecule has 3 heterocycles. The molecule has 4 unspecified atom stereocenters. The van der Waals surface area contributed by atoms with E-state index < -0.39 is 27.6 Å². The molecule has 1 aromatic carbocycles. The van der Waals surface area contributed by atoms with Gasteiger partial charge in [0.05, 0.1) is 42.0 Å². The van der Waals surface area contributed by atoms with Crippen LogP contribution in [-0.2, 0) is 14.6 Å². The van der Waals surface area contributed by atoms with Crippen molar-refractivity contribution in [1.29, 1.82) is 0 Å². The van der Waals surface area contributed by atoms with Gasteiger partial charge in [0.25, 0.3) is 0 Å². The average molecular weight is 481 g/mol. The third-order valence-corrected chi connectivity index (χ3v) is 9.05. The minimum absolute atomic E-state index is 0.00428.